The third kappa shape index (κ3) is 5.97. The average molecular weight is 428 g/mol. The Morgan fingerprint density at radius 1 is 1.06 bits per heavy atom. The van der Waals surface area contributed by atoms with Crippen LogP contribution in [0.1, 0.15) is 32.4 Å². The van der Waals surface area contributed by atoms with E-state index in [0.717, 1.165) is 37.6 Å². The Labute approximate surface area is 185 Å². The van der Waals surface area contributed by atoms with Crippen LogP contribution in [0.5, 0.6) is 0 Å². The van der Waals surface area contributed by atoms with Crippen LogP contribution in [0.25, 0.3) is 0 Å². The lowest BCUT2D eigenvalue weighted by Crippen LogP contribution is -3.15. The lowest BCUT2D eigenvalue weighted by Gasteiger charge is -2.38. The van der Waals surface area contributed by atoms with Crippen molar-refractivity contribution in [1.82, 2.24) is 5.32 Å². The molecule has 2 aromatic rings. The molecule has 0 radical (unpaired) electrons. The number of carbonyl (C=O) groups is 1. The van der Waals surface area contributed by atoms with Gasteiger partial charge in [0.2, 0.25) is 5.91 Å². The summed E-state index contributed by atoms with van der Waals surface area (Å²) in [4.78, 5) is 18.4. The van der Waals surface area contributed by atoms with E-state index < -0.39 is 5.41 Å². The van der Waals surface area contributed by atoms with Crippen molar-refractivity contribution in [3.8, 4) is 0 Å². The van der Waals surface area contributed by atoms with Crippen LogP contribution in [0.4, 0.5) is 15.8 Å². The van der Waals surface area contributed by atoms with Crippen molar-refractivity contribution in [2.24, 2.45) is 5.41 Å². The summed E-state index contributed by atoms with van der Waals surface area (Å²) in [7, 11) is 4.08. The molecule has 1 atom stereocenters. The van der Waals surface area contributed by atoms with E-state index in [9.17, 15) is 9.18 Å². The number of carbonyl (C=O) groups excluding carboxylic acids is 1. The highest BCUT2D eigenvalue weighted by Crippen LogP contribution is 2.19. The molecule has 1 aliphatic rings. The minimum absolute atomic E-state index is 0.0757. The Hall–Kier alpha value is -2.60. The molecule has 2 N–H and O–H groups in total. The molecule has 1 fully saturated rings. The van der Waals surface area contributed by atoms with Crippen molar-refractivity contribution >= 4 is 17.3 Å². The first-order valence-corrected chi connectivity index (χ1v) is 11.1. The van der Waals surface area contributed by atoms with E-state index in [1.807, 2.05) is 47.0 Å². The highest BCUT2D eigenvalue weighted by atomic mass is 19.1. The van der Waals surface area contributed by atoms with E-state index >= 15 is 0 Å². The predicted octanol–water partition coefficient (Wildman–Crippen LogP) is 2.50. The minimum atomic E-state index is -0.407. The quantitative estimate of drug-likeness (QED) is 0.744. The molecule has 0 aliphatic carbocycles. The van der Waals surface area contributed by atoms with Gasteiger partial charge in [-0.15, -0.1) is 0 Å². The normalized spacial score (nSPS) is 16.1. The molecule has 1 heterocycles. The number of benzene rings is 2. The van der Waals surface area contributed by atoms with Crippen LogP contribution in [0.2, 0.25) is 0 Å². The summed E-state index contributed by atoms with van der Waals surface area (Å²) in [6.07, 6.45) is 0. The number of amides is 1. The number of hydrogen-bond donors (Lipinski definition) is 2. The SMILES string of the molecule is CN(C)c1ccc([C@H](CNC(=O)C(C)(C)C)[NH+]2CCN(c3ccc(F)cc3)CC2)cc1. The number of piperazine rings is 1. The minimum Gasteiger partial charge on any atom is -0.378 e. The molecule has 0 spiro atoms. The molecule has 0 aromatic heterocycles. The number of quaternary nitrogens is 1. The first kappa shape index (κ1) is 23.1. The number of hydrogen-bond acceptors (Lipinski definition) is 3. The first-order valence-electron chi connectivity index (χ1n) is 11.1. The highest BCUT2D eigenvalue weighted by molar-refractivity contribution is 5.81. The fraction of sp³-hybridized carbons (Fsp3) is 0.480. The molecule has 168 valence electrons. The zero-order valence-electron chi connectivity index (χ0n) is 19.4. The van der Waals surface area contributed by atoms with Crippen molar-refractivity contribution in [3.05, 3.63) is 59.9 Å². The van der Waals surface area contributed by atoms with Crippen molar-refractivity contribution in [2.45, 2.75) is 26.8 Å². The van der Waals surface area contributed by atoms with Gasteiger partial charge in [0.25, 0.3) is 0 Å². The van der Waals surface area contributed by atoms with E-state index in [1.165, 1.54) is 22.6 Å². The summed E-state index contributed by atoms with van der Waals surface area (Å²) in [5, 5.41) is 3.18. The van der Waals surface area contributed by atoms with E-state index in [0.29, 0.717) is 6.54 Å². The van der Waals surface area contributed by atoms with Gasteiger partial charge in [-0.05, 0) is 36.4 Å². The average Bonchev–Trinajstić information content (AvgIpc) is 2.74. The fourth-order valence-corrected chi connectivity index (χ4v) is 4.02. The van der Waals surface area contributed by atoms with Gasteiger partial charge in [0.1, 0.15) is 11.9 Å². The predicted molar refractivity (Wildman–Crippen MR) is 125 cm³/mol. The first-order chi connectivity index (χ1) is 14.6. The van der Waals surface area contributed by atoms with Gasteiger partial charge in [-0.3, -0.25) is 4.79 Å². The molecule has 1 aliphatic heterocycles. The second kappa shape index (κ2) is 9.69. The third-order valence-corrected chi connectivity index (χ3v) is 6.05. The van der Waals surface area contributed by atoms with E-state index in [1.54, 1.807) is 0 Å². The van der Waals surface area contributed by atoms with E-state index in [-0.39, 0.29) is 17.8 Å². The molecule has 5 nitrogen and oxygen atoms in total. The van der Waals surface area contributed by atoms with Crippen molar-refractivity contribution < 1.29 is 14.1 Å². The number of halogens is 1. The Balaban J connectivity index is 1.73. The second-order valence-electron chi connectivity index (χ2n) is 9.62. The number of nitrogens with one attached hydrogen (secondary N) is 2. The smallest absolute Gasteiger partial charge is 0.225 e. The van der Waals surface area contributed by atoms with Gasteiger partial charge in [0.05, 0.1) is 32.7 Å². The van der Waals surface area contributed by atoms with Crippen molar-refractivity contribution in [2.75, 3.05) is 56.6 Å². The van der Waals surface area contributed by atoms with Gasteiger partial charge in [0.15, 0.2) is 0 Å². The summed E-state index contributed by atoms with van der Waals surface area (Å²) >= 11 is 0. The standard InChI is InChI=1S/C25H35FN4O/c1-25(2,3)24(31)27-18-23(19-6-10-21(11-7-19)28(4)5)30-16-14-29(15-17-30)22-12-8-20(26)9-13-22/h6-13,23H,14-18H2,1-5H3,(H,27,31)/p+1/t23-/m0/s1. The van der Waals surface area contributed by atoms with E-state index in [2.05, 4.69) is 39.4 Å². The zero-order chi connectivity index (χ0) is 22.6. The van der Waals surface area contributed by atoms with Crippen molar-refractivity contribution in [1.29, 1.82) is 0 Å². The van der Waals surface area contributed by atoms with Gasteiger partial charge in [0, 0.05) is 36.4 Å². The molecule has 2 aromatic carbocycles. The molecular weight excluding hydrogens is 391 g/mol. The van der Waals surface area contributed by atoms with Crippen LogP contribution < -0.4 is 20.0 Å². The summed E-state index contributed by atoms with van der Waals surface area (Å²) in [6, 6.07) is 15.6. The molecule has 6 heteroatoms. The maximum Gasteiger partial charge on any atom is 0.225 e. The summed E-state index contributed by atoms with van der Waals surface area (Å²) < 4.78 is 13.3. The highest BCUT2D eigenvalue weighted by Gasteiger charge is 2.30. The van der Waals surface area contributed by atoms with Gasteiger partial charge in [-0.2, -0.15) is 0 Å². The van der Waals surface area contributed by atoms with Crippen LogP contribution in [-0.2, 0) is 4.79 Å². The Morgan fingerprint density at radius 3 is 2.16 bits per heavy atom. The van der Waals surface area contributed by atoms with E-state index in [4.69, 9.17) is 0 Å². The summed E-state index contributed by atoms with van der Waals surface area (Å²) in [6.45, 7) is 10.2. The molecule has 1 amide bonds. The Kier molecular flexibility index (Phi) is 7.21. The van der Waals surface area contributed by atoms with Gasteiger partial charge >= 0.3 is 0 Å². The van der Waals surface area contributed by atoms with Crippen LogP contribution in [0.15, 0.2) is 48.5 Å². The van der Waals surface area contributed by atoms with Crippen molar-refractivity contribution in [3.63, 3.8) is 0 Å². The number of rotatable bonds is 6. The molecule has 3 rings (SSSR count). The third-order valence-electron chi connectivity index (χ3n) is 6.05. The molecular formula is C25H36FN4O+. The Morgan fingerprint density at radius 2 is 1.65 bits per heavy atom. The lowest BCUT2D eigenvalue weighted by atomic mass is 9.95. The zero-order valence-corrected chi connectivity index (χ0v) is 19.4. The molecule has 31 heavy (non-hydrogen) atoms. The maximum atomic E-state index is 13.3. The number of anilines is 2. The topological polar surface area (TPSA) is 40.0 Å². The monoisotopic (exact) mass is 427 g/mol. The Bertz CT molecular complexity index is 851. The molecule has 0 saturated carbocycles. The van der Waals surface area contributed by atoms with Crippen LogP contribution in [-0.4, -0.2) is 52.7 Å². The molecule has 0 unspecified atom stereocenters. The maximum absolute atomic E-state index is 13.3. The van der Waals surface area contributed by atoms with Crippen LogP contribution >= 0.6 is 0 Å². The second-order valence-corrected chi connectivity index (χ2v) is 9.62. The van der Waals surface area contributed by atoms with Gasteiger partial charge < -0.3 is 20.0 Å². The van der Waals surface area contributed by atoms with Crippen LogP contribution in [0.3, 0.4) is 0 Å². The molecule has 1 saturated heterocycles. The lowest BCUT2D eigenvalue weighted by molar-refractivity contribution is -0.931. The fourth-order valence-electron chi connectivity index (χ4n) is 4.02. The van der Waals surface area contributed by atoms with Gasteiger partial charge in [-0.1, -0.05) is 32.9 Å². The van der Waals surface area contributed by atoms with Gasteiger partial charge in [-0.25, -0.2) is 4.39 Å². The van der Waals surface area contributed by atoms with Crippen LogP contribution in [0, 0.1) is 11.2 Å². The largest absolute Gasteiger partial charge is 0.378 e. The summed E-state index contributed by atoms with van der Waals surface area (Å²) in [5.41, 5.74) is 3.06. The molecule has 0 bridgehead atoms. The summed E-state index contributed by atoms with van der Waals surface area (Å²) in [5.74, 6) is -0.129. The number of nitrogens with zero attached hydrogens (tertiary/aromatic N) is 2.